The Kier molecular flexibility index (Phi) is 7.21. The van der Waals surface area contributed by atoms with Crippen LogP contribution in [0.3, 0.4) is 0 Å². The van der Waals surface area contributed by atoms with Crippen molar-refractivity contribution in [3.8, 4) is 0 Å². The zero-order valence-electron chi connectivity index (χ0n) is 13.6. The van der Waals surface area contributed by atoms with Crippen LogP contribution in [0, 0.1) is 0 Å². The van der Waals surface area contributed by atoms with Crippen LogP contribution < -0.4 is 10.2 Å². The van der Waals surface area contributed by atoms with Crippen molar-refractivity contribution >= 4 is 52.0 Å². The van der Waals surface area contributed by atoms with E-state index in [2.05, 4.69) is 10.2 Å². The Labute approximate surface area is 156 Å². The molecule has 0 aliphatic carbocycles. The summed E-state index contributed by atoms with van der Waals surface area (Å²) in [7, 11) is 1.98. The van der Waals surface area contributed by atoms with Gasteiger partial charge in [0, 0.05) is 17.6 Å². The second-order valence-electron chi connectivity index (χ2n) is 5.34. The van der Waals surface area contributed by atoms with Crippen LogP contribution in [-0.2, 0) is 11.3 Å². The van der Waals surface area contributed by atoms with E-state index in [1.807, 2.05) is 38.2 Å². The number of ether oxygens (including phenoxy) is 1. The van der Waals surface area contributed by atoms with Gasteiger partial charge in [-0.05, 0) is 36.8 Å². The van der Waals surface area contributed by atoms with Crippen LogP contribution in [0.2, 0.25) is 9.36 Å². The second-order valence-corrected chi connectivity index (χ2v) is 7.55. The van der Waals surface area contributed by atoms with Crippen molar-refractivity contribution in [2.24, 2.45) is 0 Å². The summed E-state index contributed by atoms with van der Waals surface area (Å²) in [4.78, 5) is 14.9. The molecule has 24 heavy (non-hydrogen) atoms. The van der Waals surface area contributed by atoms with Crippen molar-refractivity contribution in [1.29, 1.82) is 0 Å². The van der Waals surface area contributed by atoms with Gasteiger partial charge in [-0.2, -0.15) is 0 Å². The Balaban J connectivity index is 1.96. The van der Waals surface area contributed by atoms with Crippen molar-refractivity contribution in [3.05, 3.63) is 44.6 Å². The highest BCUT2D eigenvalue weighted by Gasteiger charge is 2.10. The number of nitrogens with one attached hydrogen (secondary N) is 1. The van der Waals surface area contributed by atoms with E-state index in [1.165, 1.54) is 4.88 Å². The average molecular weight is 387 g/mol. The summed E-state index contributed by atoms with van der Waals surface area (Å²) in [5.74, 6) is 0. The molecule has 0 spiro atoms. The van der Waals surface area contributed by atoms with Crippen LogP contribution in [0.25, 0.3) is 0 Å². The Hall–Kier alpha value is -1.43. The first-order valence-corrected chi connectivity index (χ1v) is 9.25. The van der Waals surface area contributed by atoms with Crippen LogP contribution in [-0.4, -0.2) is 19.7 Å². The van der Waals surface area contributed by atoms with E-state index in [0.29, 0.717) is 17.3 Å². The van der Waals surface area contributed by atoms with Gasteiger partial charge in [0.2, 0.25) is 0 Å². The van der Waals surface area contributed by atoms with Gasteiger partial charge in [-0.25, -0.2) is 4.79 Å². The predicted molar refractivity (Wildman–Crippen MR) is 103 cm³/mol. The lowest BCUT2D eigenvalue weighted by Crippen LogP contribution is -2.17. The van der Waals surface area contributed by atoms with Crippen molar-refractivity contribution < 1.29 is 9.53 Å². The lowest BCUT2D eigenvalue weighted by atomic mass is 10.2. The Morgan fingerprint density at radius 3 is 2.71 bits per heavy atom. The third-order valence-electron chi connectivity index (χ3n) is 3.38. The molecule has 0 aliphatic rings. The summed E-state index contributed by atoms with van der Waals surface area (Å²) < 4.78 is 5.85. The lowest BCUT2D eigenvalue weighted by molar-refractivity contribution is 0.160. The summed E-state index contributed by atoms with van der Waals surface area (Å²) in [5.41, 5.74) is 1.49. The smallest absolute Gasteiger partial charge is 0.411 e. The number of benzene rings is 1. The molecule has 1 aromatic carbocycles. The Morgan fingerprint density at radius 2 is 2.08 bits per heavy atom. The van der Waals surface area contributed by atoms with Crippen molar-refractivity contribution in [3.63, 3.8) is 0 Å². The molecule has 1 N–H and O–H groups in total. The first-order chi connectivity index (χ1) is 11.5. The van der Waals surface area contributed by atoms with E-state index in [4.69, 9.17) is 27.9 Å². The van der Waals surface area contributed by atoms with Gasteiger partial charge in [0.1, 0.15) is 0 Å². The Morgan fingerprint density at radius 1 is 1.29 bits per heavy atom. The summed E-state index contributed by atoms with van der Waals surface area (Å²) in [6.45, 7) is 3.18. The molecule has 2 aromatic rings. The molecule has 0 bridgehead atoms. The topological polar surface area (TPSA) is 41.6 Å². The summed E-state index contributed by atoms with van der Waals surface area (Å²) in [6, 6.07) is 9.39. The van der Waals surface area contributed by atoms with E-state index in [-0.39, 0.29) is 0 Å². The molecule has 1 amide bonds. The minimum absolute atomic E-state index is 0.407. The van der Waals surface area contributed by atoms with Crippen LogP contribution >= 0.6 is 34.5 Å². The highest BCUT2D eigenvalue weighted by molar-refractivity contribution is 7.16. The SMILES string of the molecule is CCCCOC(=O)Nc1ccc(N(C)Cc2ccc(Cl)s2)cc1Cl. The zero-order valence-corrected chi connectivity index (χ0v) is 16.0. The number of hydrogen-bond donors (Lipinski definition) is 1. The standard InChI is InChI=1S/C17H20Cl2N2O2S/c1-3-4-9-23-17(22)20-15-7-5-12(10-14(15)18)21(2)11-13-6-8-16(19)24-13/h5-8,10H,3-4,9,11H2,1-2H3,(H,20,22). The van der Waals surface area contributed by atoms with Gasteiger partial charge in [0.05, 0.1) is 28.2 Å². The van der Waals surface area contributed by atoms with E-state index in [0.717, 1.165) is 29.4 Å². The van der Waals surface area contributed by atoms with Gasteiger partial charge < -0.3 is 9.64 Å². The number of carbonyl (C=O) groups is 1. The van der Waals surface area contributed by atoms with E-state index in [9.17, 15) is 4.79 Å². The van der Waals surface area contributed by atoms with Gasteiger partial charge in [-0.3, -0.25) is 5.32 Å². The zero-order chi connectivity index (χ0) is 17.5. The molecule has 4 nitrogen and oxygen atoms in total. The number of halogens is 2. The fraction of sp³-hybridized carbons (Fsp3) is 0.353. The lowest BCUT2D eigenvalue weighted by Gasteiger charge is -2.19. The quantitative estimate of drug-likeness (QED) is 0.589. The predicted octanol–water partition coefficient (Wildman–Crippen LogP) is 6.04. The minimum atomic E-state index is -0.486. The molecule has 0 fully saturated rings. The van der Waals surface area contributed by atoms with Crippen molar-refractivity contribution in [1.82, 2.24) is 0 Å². The van der Waals surface area contributed by atoms with E-state index in [1.54, 1.807) is 17.4 Å². The minimum Gasteiger partial charge on any atom is -0.449 e. The van der Waals surface area contributed by atoms with Crippen LogP contribution in [0.1, 0.15) is 24.6 Å². The number of anilines is 2. The number of rotatable bonds is 7. The van der Waals surface area contributed by atoms with Crippen LogP contribution in [0.15, 0.2) is 30.3 Å². The number of unbranched alkanes of at least 4 members (excludes halogenated alkanes) is 1. The molecule has 1 heterocycles. The van der Waals surface area contributed by atoms with Gasteiger partial charge in [-0.1, -0.05) is 36.5 Å². The Bertz CT molecular complexity index is 691. The number of amides is 1. The molecule has 0 radical (unpaired) electrons. The number of carbonyl (C=O) groups excluding carboxylic acids is 1. The molecular formula is C17H20Cl2N2O2S. The maximum Gasteiger partial charge on any atom is 0.411 e. The fourth-order valence-corrected chi connectivity index (χ4v) is 3.42. The molecule has 0 atom stereocenters. The van der Waals surface area contributed by atoms with Crippen molar-refractivity contribution in [2.75, 3.05) is 23.9 Å². The summed E-state index contributed by atoms with van der Waals surface area (Å²) >= 11 is 13.8. The van der Waals surface area contributed by atoms with Crippen molar-refractivity contribution in [2.45, 2.75) is 26.3 Å². The van der Waals surface area contributed by atoms with Crippen LogP contribution in [0.4, 0.5) is 16.2 Å². The highest BCUT2D eigenvalue weighted by atomic mass is 35.5. The molecule has 130 valence electrons. The summed E-state index contributed by atoms with van der Waals surface area (Å²) in [6.07, 6.45) is 1.34. The normalized spacial score (nSPS) is 10.5. The fourth-order valence-electron chi connectivity index (χ4n) is 2.06. The highest BCUT2D eigenvalue weighted by Crippen LogP contribution is 2.29. The van der Waals surface area contributed by atoms with Gasteiger partial charge in [-0.15, -0.1) is 11.3 Å². The maximum atomic E-state index is 11.7. The monoisotopic (exact) mass is 386 g/mol. The third kappa shape index (κ3) is 5.58. The third-order valence-corrected chi connectivity index (χ3v) is 4.91. The van der Waals surface area contributed by atoms with Gasteiger partial charge in [0.25, 0.3) is 0 Å². The first kappa shape index (κ1) is 18.9. The average Bonchev–Trinajstić information content (AvgIpc) is 2.94. The molecule has 0 unspecified atom stereocenters. The number of thiophene rings is 1. The van der Waals surface area contributed by atoms with E-state index < -0.39 is 6.09 Å². The van der Waals surface area contributed by atoms with Gasteiger partial charge >= 0.3 is 6.09 Å². The van der Waals surface area contributed by atoms with E-state index >= 15 is 0 Å². The second kappa shape index (κ2) is 9.16. The number of hydrogen-bond acceptors (Lipinski definition) is 4. The molecule has 7 heteroatoms. The molecule has 0 saturated heterocycles. The molecular weight excluding hydrogens is 367 g/mol. The number of nitrogens with zero attached hydrogens (tertiary/aromatic N) is 1. The van der Waals surface area contributed by atoms with Gasteiger partial charge in [0.15, 0.2) is 0 Å². The largest absolute Gasteiger partial charge is 0.449 e. The van der Waals surface area contributed by atoms with Crippen LogP contribution in [0.5, 0.6) is 0 Å². The first-order valence-electron chi connectivity index (χ1n) is 7.68. The molecule has 0 aliphatic heterocycles. The summed E-state index contributed by atoms with van der Waals surface area (Å²) in [5, 5.41) is 3.13. The maximum absolute atomic E-state index is 11.7. The molecule has 1 aromatic heterocycles. The molecule has 0 saturated carbocycles. The molecule has 2 rings (SSSR count).